The third-order valence-corrected chi connectivity index (χ3v) is 4.74. The SMILES string of the molecule is O=C(NCC[C@@H](O)c1ccc2c(c1)OCO2)c1ccc(-c2ccccc2)cc1. The topological polar surface area (TPSA) is 67.8 Å². The number of ether oxygens (including phenoxy) is 2. The number of hydrogen-bond acceptors (Lipinski definition) is 4. The molecule has 3 aromatic carbocycles. The number of rotatable bonds is 6. The van der Waals surface area contributed by atoms with Gasteiger partial charge in [0.05, 0.1) is 6.10 Å². The van der Waals surface area contributed by atoms with Crippen molar-refractivity contribution in [2.24, 2.45) is 0 Å². The third kappa shape index (κ3) is 4.00. The third-order valence-electron chi connectivity index (χ3n) is 4.74. The maximum atomic E-state index is 12.3. The molecule has 0 saturated heterocycles. The van der Waals surface area contributed by atoms with Gasteiger partial charge in [-0.25, -0.2) is 0 Å². The largest absolute Gasteiger partial charge is 0.454 e. The highest BCUT2D eigenvalue weighted by molar-refractivity contribution is 5.94. The maximum absolute atomic E-state index is 12.3. The Balaban J connectivity index is 1.30. The average Bonchev–Trinajstić information content (AvgIpc) is 3.22. The number of aliphatic hydroxyl groups is 1. The molecule has 1 aliphatic rings. The van der Waals surface area contributed by atoms with E-state index >= 15 is 0 Å². The molecule has 0 fully saturated rings. The zero-order chi connectivity index (χ0) is 19.3. The molecule has 0 aliphatic carbocycles. The summed E-state index contributed by atoms with van der Waals surface area (Å²) in [5, 5.41) is 13.2. The van der Waals surface area contributed by atoms with E-state index in [1.165, 1.54) is 0 Å². The van der Waals surface area contributed by atoms with Crippen LogP contribution in [0.2, 0.25) is 0 Å². The van der Waals surface area contributed by atoms with Crippen LogP contribution in [0, 0.1) is 0 Å². The number of carbonyl (C=O) groups excluding carboxylic acids is 1. The van der Waals surface area contributed by atoms with E-state index in [9.17, 15) is 9.90 Å². The Kier molecular flexibility index (Phi) is 5.26. The number of aliphatic hydroxyl groups excluding tert-OH is 1. The summed E-state index contributed by atoms with van der Waals surface area (Å²) in [6, 6.07) is 22.9. The van der Waals surface area contributed by atoms with Crippen molar-refractivity contribution in [1.29, 1.82) is 0 Å². The summed E-state index contributed by atoms with van der Waals surface area (Å²) in [5.74, 6) is 1.17. The van der Waals surface area contributed by atoms with E-state index in [0.717, 1.165) is 16.7 Å². The van der Waals surface area contributed by atoms with Gasteiger partial charge in [0.1, 0.15) is 0 Å². The number of fused-ring (bicyclic) bond motifs is 1. The standard InChI is InChI=1S/C23H21NO4/c25-20(19-10-11-21-22(14-19)28-15-27-21)12-13-24-23(26)18-8-6-17(7-9-18)16-4-2-1-3-5-16/h1-11,14,20,25H,12-13,15H2,(H,24,26)/t20-/m1/s1. The van der Waals surface area contributed by atoms with E-state index in [1.807, 2.05) is 60.7 Å². The summed E-state index contributed by atoms with van der Waals surface area (Å²) in [6.45, 7) is 0.572. The molecule has 0 spiro atoms. The molecule has 0 radical (unpaired) electrons. The minimum atomic E-state index is -0.685. The Morgan fingerprint density at radius 3 is 2.43 bits per heavy atom. The molecular formula is C23H21NO4. The highest BCUT2D eigenvalue weighted by Gasteiger charge is 2.16. The smallest absolute Gasteiger partial charge is 0.251 e. The molecule has 1 amide bonds. The monoisotopic (exact) mass is 375 g/mol. The molecule has 0 saturated carbocycles. The average molecular weight is 375 g/mol. The second kappa shape index (κ2) is 8.15. The van der Waals surface area contributed by atoms with Crippen LogP contribution in [-0.4, -0.2) is 24.4 Å². The molecule has 142 valence electrons. The lowest BCUT2D eigenvalue weighted by Gasteiger charge is -2.12. The van der Waals surface area contributed by atoms with Crippen molar-refractivity contribution in [3.05, 3.63) is 83.9 Å². The predicted molar refractivity (Wildman–Crippen MR) is 106 cm³/mol. The number of amides is 1. The first-order valence-electron chi connectivity index (χ1n) is 9.22. The van der Waals surface area contributed by atoms with Crippen LogP contribution in [0.25, 0.3) is 11.1 Å². The Hall–Kier alpha value is -3.31. The van der Waals surface area contributed by atoms with E-state index in [1.54, 1.807) is 12.1 Å². The minimum absolute atomic E-state index is 0.155. The van der Waals surface area contributed by atoms with E-state index in [4.69, 9.17) is 9.47 Å². The maximum Gasteiger partial charge on any atom is 0.251 e. The fourth-order valence-corrected chi connectivity index (χ4v) is 3.16. The highest BCUT2D eigenvalue weighted by Crippen LogP contribution is 2.34. The van der Waals surface area contributed by atoms with Gasteiger partial charge in [0.15, 0.2) is 11.5 Å². The predicted octanol–water partition coefficient (Wildman–Crippen LogP) is 3.94. The van der Waals surface area contributed by atoms with Crippen molar-refractivity contribution in [1.82, 2.24) is 5.32 Å². The Labute approximate surface area is 163 Å². The van der Waals surface area contributed by atoms with Crippen LogP contribution in [0.3, 0.4) is 0 Å². The lowest BCUT2D eigenvalue weighted by Crippen LogP contribution is -2.25. The number of nitrogens with one attached hydrogen (secondary N) is 1. The first kappa shape index (κ1) is 18.1. The van der Waals surface area contributed by atoms with Crippen LogP contribution in [0.4, 0.5) is 0 Å². The molecule has 0 unspecified atom stereocenters. The molecule has 4 rings (SSSR count). The van der Waals surface area contributed by atoms with Gasteiger partial charge >= 0.3 is 0 Å². The number of hydrogen-bond donors (Lipinski definition) is 2. The lowest BCUT2D eigenvalue weighted by atomic mass is 10.0. The van der Waals surface area contributed by atoms with Crippen LogP contribution >= 0.6 is 0 Å². The summed E-state index contributed by atoms with van der Waals surface area (Å²) in [4.78, 5) is 12.3. The van der Waals surface area contributed by atoms with Gasteiger partial charge in [0.2, 0.25) is 6.79 Å². The fraction of sp³-hybridized carbons (Fsp3) is 0.174. The van der Waals surface area contributed by atoms with Crippen LogP contribution in [0.15, 0.2) is 72.8 Å². The van der Waals surface area contributed by atoms with E-state index in [0.29, 0.717) is 30.0 Å². The quantitative estimate of drug-likeness (QED) is 0.685. The van der Waals surface area contributed by atoms with E-state index in [2.05, 4.69) is 5.32 Å². The molecule has 0 bridgehead atoms. The van der Waals surface area contributed by atoms with Crippen LogP contribution in [0.5, 0.6) is 11.5 Å². The fourth-order valence-electron chi connectivity index (χ4n) is 3.16. The normalized spacial score (nSPS) is 13.2. The second-order valence-electron chi connectivity index (χ2n) is 6.62. The first-order valence-corrected chi connectivity index (χ1v) is 9.22. The van der Waals surface area contributed by atoms with Crippen molar-refractivity contribution in [2.75, 3.05) is 13.3 Å². The molecule has 28 heavy (non-hydrogen) atoms. The van der Waals surface area contributed by atoms with Gasteiger partial charge in [0, 0.05) is 12.1 Å². The van der Waals surface area contributed by atoms with Gasteiger partial charge in [-0.3, -0.25) is 4.79 Å². The first-order chi connectivity index (χ1) is 13.7. The van der Waals surface area contributed by atoms with Crippen LogP contribution in [0.1, 0.15) is 28.4 Å². The summed E-state index contributed by atoms with van der Waals surface area (Å²) in [7, 11) is 0. The van der Waals surface area contributed by atoms with Crippen molar-refractivity contribution in [3.8, 4) is 22.6 Å². The van der Waals surface area contributed by atoms with Gasteiger partial charge in [-0.05, 0) is 47.4 Å². The molecule has 0 aromatic heterocycles. The van der Waals surface area contributed by atoms with Gasteiger partial charge in [-0.15, -0.1) is 0 Å². The van der Waals surface area contributed by atoms with E-state index < -0.39 is 6.10 Å². The summed E-state index contributed by atoms with van der Waals surface area (Å²) in [5.41, 5.74) is 3.51. The van der Waals surface area contributed by atoms with Gasteiger partial charge in [-0.2, -0.15) is 0 Å². The highest BCUT2D eigenvalue weighted by atomic mass is 16.7. The molecule has 2 N–H and O–H groups in total. The zero-order valence-corrected chi connectivity index (χ0v) is 15.3. The number of carbonyl (C=O) groups is 1. The van der Waals surface area contributed by atoms with Crippen molar-refractivity contribution in [3.63, 3.8) is 0 Å². The lowest BCUT2D eigenvalue weighted by molar-refractivity contribution is 0.0942. The molecule has 3 aromatic rings. The zero-order valence-electron chi connectivity index (χ0n) is 15.3. The molecule has 5 heteroatoms. The van der Waals surface area contributed by atoms with Gasteiger partial charge < -0.3 is 19.9 Å². The summed E-state index contributed by atoms with van der Waals surface area (Å²) in [6.07, 6.45) is -0.275. The van der Waals surface area contributed by atoms with Crippen LogP contribution in [-0.2, 0) is 0 Å². The molecule has 1 heterocycles. The molecule has 1 aliphatic heterocycles. The Morgan fingerprint density at radius 1 is 0.929 bits per heavy atom. The summed E-state index contributed by atoms with van der Waals surface area (Å²) >= 11 is 0. The van der Waals surface area contributed by atoms with Crippen molar-refractivity contribution < 1.29 is 19.4 Å². The Morgan fingerprint density at radius 2 is 1.64 bits per heavy atom. The summed E-state index contributed by atoms with van der Waals surface area (Å²) < 4.78 is 10.6. The second-order valence-corrected chi connectivity index (χ2v) is 6.62. The Bertz CT molecular complexity index is 954. The molecular weight excluding hydrogens is 354 g/mol. The number of benzene rings is 3. The van der Waals surface area contributed by atoms with Crippen molar-refractivity contribution >= 4 is 5.91 Å². The van der Waals surface area contributed by atoms with Gasteiger partial charge in [-0.1, -0.05) is 48.5 Å². The van der Waals surface area contributed by atoms with Gasteiger partial charge in [0.25, 0.3) is 5.91 Å². The van der Waals surface area contributed by atoms with E-state index in [-0.39, 0.29) is 12.7 Å². The molecule has 1 atom stereocenters. The van der Waals surface area contributed by atoms with Crippen molar-refractivity contribution in [2.45, 2.75) is 12.5 Å². The van der Waals surface area contributed by atoms with Crippen LogP contribution < -0.4 is 14.8 Å². The minimum Gasteiger partial charge on any atom is -0.454 e. The molecule has 5 nitrogen and oxygen atoms in total.